The number of thiazole rings is 1. The first kappa shape index (κ1) is 15.9. The monoisotopic (exact) mass is 352 g/mol. The van der Waals surface area contributed by atoms with Crippen molar-refractivity contribution in [2.45, 2.75) is 6.92 Å². The van der Waals surface area contributed by atoms with Gasteiger partial charge in [-0.2, -0.15) is 0 Å². The standard InChI is InChI=1S/C19H20N4OS/c1-14-5-4-6-15(13-14)20-18(24)22-9-11-23(12-10-22)19-21-16-7-2-3-8-17(16)25-19/h2-8,13H,9-12H2,1H3,(H,20,24). The Balaban J connectivity index is 1.38. The van der Waals surface area contributed by atoms with Crippen molar-refractivity contribution in [1.82, 2.24) is 9.88 Å². The van der Waals surface area contributed by atoms with E-state index in [9.17, 15) is 4.79 Å². The highest BCUT2D eigenvalue weighted by molar-refractivity contribution is 7.22. The Labute approximate surface area is 150 Å². The number of hydrogen-bond donors (Lipinski definition) is 1. The molecule has 1 aliphatic rings. The number of aromatic nitrogens is 1. The first-order chi connectivity index (χ1) is 12.2. The van der Waals surface area contributed by atoms with Crippen molar-refractivity contribution >= 4 is 38.4 Å². The molecule has 0 radical (unpaired) electrons. The summed E-state index contributed by atoms with van der Waals surface area (Å²) in [7, 11) is 0. The average molecular weight is 352 g/mol. The number of benzene rings is 2. The summed E-state index contributed by atoms with van der Waals surface area (Å²) in [5, 5.41) is 4.03. The molecule has 0 spiro atoms. The van der Waals surface area contributed by atoms with Crippen LogP contribution in [0.5, 0.6) is 0 Å². The lowest BCUT2D eigenvalue weighted by atomic mass is 10.2. The summed E-state index contributed by atoms with van der Waals surface area (Å²) in [5.74, 6) is 0. The molecule has 0 saturated carbocycles. The van der Waals surface area contributed by atoms with Crippen LogP contribution in [0.3, 0.4) is 0 Å². The molecule has 0 unspecified atom stereocenters. The zero-order chi connectivity index (χ0) is 17.2. The molecule has 25 heavy (non-hydrogen) atoms. The molecule has 1 N–H and O–H groups in total. The maximum atomic E-state index is 12.4. The first-order valence-electron chi connectivity index (χ1n) is 8.42. The highest BCUT2D eigenvalue weighted by atomic mass is 32.1. The normalized spacial score (nSPS) is 14.8. The number of urea groups is 1. The van der Waals surface area contributed by atoms with Gasteiger partial charge >= 0.3 is 6.03 Å². The van der Waals surface area contributed by atoms with E-state index in [4.69, 9.17) is 4.98 Å². The van der Waals surface area contributed by atoms with E-state index < -0.39 is 0 Å². The second-order valence-corrected chi connectivity index (χ2v) is 7.25. The molecule has 0 atom stereocenters. The number of para-hydroxylation sites is 1. The number of carbonyl (C=O) groups excluding carboxylic acids is 1. The van der Waals surface area contributed by atoms with Crippen molar-refractivity contribution in [3.05, 3.63) is 54.1 Å². The molecule has 3 aromatic rings. The molecule has 2 aromatic carbocycles. The van der Waals surface area contributed by atoms with Crippen molar-refractivity contribution in [2.24, 2.45) is 0 Å². The average Bonchev–Trinajstić information content (AvgIpc) is 3.06. The van der Waals surface area contributed by atoms with Crippen LogP contribution < -0.4 is 10.2 Å². The predicted octanol–water partition coefficient (Wildman–Crippen LogP) is 3.96. The Bertz CT molecular complexity index is 866. The van der Waals surface area contributed by atoms with Crippen LogP contribution in [0.1, 0.15) is 5.56 Å². The number of amides is 2. The third-order valence-corrected chi connectivity index (χ3v) is 5.49. The largest absolute Gasteiger partial charge is 0.345 e. The molecule has 0 bridgehead atoms. The molecule has 0 aliphatic carbocycles. The fourth-order valence-corrected chi connectivity index (χ4v) is 4.04. The quantitative estimate of drug-likeness (QED) is 0.759. The van der Waals surface area contributed by atoms with Crippen LogP contribution in [0, 0.1) is 6.92 Å². The molecule has 6 heteroatoms. The molecule has 1 aromatic heterocycles. The zero-order valence-corrected chi connectivity index (χ0v) is 14.9. The Morgan fingerprint density at radius 2 is 1.88 bits per heavy atom. The maximum absolute atomic E-state index is 12.4. The minimum absolute atomic E-state index is 0.0328. The number of fused-ring (bicyclic) bond motifs is 1. The van der Waals surface area contributed by atoms with Crippen molar-refractivity contribution in [1.29, 1.82) is 0 Å². The van der Waals surface area contributed by atoms with Crippen LogP contribution >= 0.6 is 11.3 Å². The number of anilines is 2. The van der Waals surface area contributed by atoms with Gasteiger partial charge in [-0.1, -0.05) is 35.6 Å². The van der Waals surface area contributed by atoms with Gasteiger partial charge in [0.05, 0.1) is 10.2 Å². The third kappa shape index (κ3) is 3.44. The smallest absolute Gasteiger partial charge is 0.321 e. The van der Waals surface area contributed by atoms with E-state index in [1.54, 1.807) is 11.3 Å². The topological polar surface area (TPSA) is 48.5 Å². The summed E-state index contributed by atoms with van der Waals surface area (Å²) in [6.07, 6.45) is 0. The predicted molar refractivity (Wildman–Crippen MR) is 104 cm³/mol. The summed E-state index contributed by atoms with van der Waals surface area (Å²) in [5.41, 5.74) is 3.03. The SMILES string of the molecule is Cc1cccc(NC(=O)N2CCN(c3nc4ccccc4s3)CC2)c1. The molecule has 128 valence electrons. The summed E-state index contributed by atoms with van der Waals surface area (Å²) in [6, 6.07) is 16.0. The van der Waals surface area contributed by atoms with Gasteiger partial charge in [-0.05, 0) is 36.8 Å². The highest BCUT2D eigenvalue weighted by Gasteiger charge is 2.23. The van der Waals surface area contributed by atoms with Crippen molar-refractivity contribution in [3.63, 3.8) is 0 Å². The van der Waals surface area contributed by atoms with Crippen molar-refractivity contribution < 1.29 is 4.79 Å². The third-order valence-electron chi connectivity index (χ3n) is 4.39. The molecule has 1 aliphatic heterocycles. The molecule has 1 fully saturated rings. The summed E-state index contributed by atoms with van der Waals surface area (Å²) in [4.78, 5) is 21.3. The van der Waals surface area contributed by atoms with E-state index in [0.717, 1.165) is 35.0 Å². The molecular formula is C19H20N4OS. The van der Waals surface area contributed by atoms with Crippen LogP contribution in [0.2, 0.25) is 0 Å². The second-order valence-electron chi connectivity index (χ2n) is 6.24. The van der Waals surface area contributed by atoms with E-state index in [-0.39, 0.29) is 6.03 Å². The Morgan fingerprint density at radius 1 is 1.08 bits per heavy atom. The van der Waals surface area contributed by atoms with Crippen LogP contribution in [0.4, 0.5) is 15.6 Å². The van der Waals surface area contributed by atoms with Gasteiger partial charge in [-0.15, -0.1) is 0 Å². The lowest BCUT2D eigenvalue weighted by molar-refractivity contribution is 0.208. The molecule has 2 amide bonds. The van der Waals surface area contributed by atoms with E-state index >= 15 is 0 Å². The molecule has 4 rings (SSSR count). The number of nitrogens with one attached hydrogen (secondary N) is 1. The van der Waals surface area contributed by atoms with Crippen LogP contribution in [-0.2, 0) is 0 Å². The second kappa shape index (κ2) is 6.72. The first-order valence-corrected chi connectivity index (χ1v) is 9.24. The van der Waals surface area contributed by atoms with Gasteiger partial charge in [0.1, 0.15) is 0 Å². The van der Waals surface area contributed by atoms with Crippen LogP contribution in [-0.4, -0.2) is 42.1 Å². The van der Waals surface area contributed by atoms with E-state index in [1.807, 2.05) is 54.3 Å². The van der Waals surface area contributed by atoms with E-state index in [1.165, 1.54) is 4.70 Å². The van der Waals surface area contributed by atoms with Gasteiger partial charge in [-0.25, -0.2) is 9.78 Å². The number of piperazine rings is 1. The molecule has 1 saturated heterocycles. The lowest BCUT2D eigenvalue weighted by Crippen LogP contribution is -2.50. The number of carbonyl (C=O) groups is 1. The van der Waals surface area contributed by atoms with E-state index in [2.05, 4.69) is 16.3 Å². The lowest BCUT2D eigenvalue weighted by Gasteiger charge is -2.34. The van der Waals surface area contributed by atoms with Gasteiger partial charge < -0.3 is 15.1 Å². The summed E-state index contributed by atoms with van der Waals surface area (Å²) in [6.45, 7) is 5.04. The van der Waals surface area contributed by atoms with Crippen molar-refractivity contribution in [2.75, 3.05) is 36.4 Å². The number of nitrogens with zero attached hydrogens (tertiary/aromatic N) is 3. The minimum Gasteiger partial charge on any atom is -0.345 e. The van der Waals surface area contributed by atoms with Gasteiger partial charge in [0, 0.05) is 31.9 Å². The zero-order valence-electron chi connectivity index (χ0n) is 14.1. The Hall–Kier alpha value is -2.60. The summed E-state index contributed by atoms with van der Waals surface area (Å²) >= 11 is 1.71. The molecule has 5 nitrogen and oxygen atoms in total. The van der Waals surface area contributed by atoms with Gasteiger partial charge in [0.15, 0.2) is 5.13 Å². The van der Waals surface area contributed by atoms with Crippen LogP contribution in [0.25, 0.3) is 10.2 Å². The maximum Gasteiger partial charge on any atom is 0.321 e. The minimum atomic E-state index is -0.0328. The van der Waals surface area contributed by atoms with Gasteiger partial charge in [0.25, 0.3) is 0 Å². The number of aryl methyl sites for hydroxylation is 1. The van der Waals surface area contributed by atoms with E-state index in [0.29, 0.717) is 13.1 Å². The summed E-state index contributed by atoms with van der Waals surface area (Å²) < 4.78 is 1.21. The van der Waals surface area contributed by atoms with Gasteiger partial charge in [-0.3, -0.25) is 0 Å². The number of hydrogen-bond acceptors (Lipinski definition) is 4. The van der Waals surface area contributed by atoms with Crippen molar-refractivity contribution in [3.8, 4) is 0 Å². The van der Waals surface area contributed by atoms with Gasteiger partial charge in [0.2, 0.25) is 0 Å². The Kier molecular flexibility index (Phi) is 4.28. The molecule has 2 heterocycles. The fourth-order valence-electron chi connectivity index (χ4n) is 3.02. The molecular weight excluding hydrogens is 332 g/mol. The fraction of sp³-hybridized carbons (Fsp3) is 0.263. The van der Waals surface area contributed by atoms with Crippen LogP contribution in [0.15, 0.2) is 48.5 Å². The Morgan fingerprint density at radius 3 is 2.64 bits per heavy atom. The highest BCUT2D eigenvalue weighted by Crippen LogP contribution is 2.29. The number of rotatable bonds is 2.